The summed E-state index contributed by atoms with van der Waals surface area (Å²) >= 11 is 3.43. The summed E-state index contributed by atoms with van der Waals surface area (Å²) in [7, 11) is 1.63. The largest absolute Gasteiger partial charge is 0.496 e. The number of pyridine rings is 1. The Kier molecular flexibility index (Phi) is 3.49. The molecule has 0 saturated heterocycles. The van der Waals surface area contributed by atoms with Crippen LogP contribution in [-0.2, 0) is 0 Å². The number of methoxy groups -OCH3 is 1. The maximum Gasteiger partial charge on any atom is 0.133 e. The van der Waals surface area contributed by atoms with E-state index in [-0.39, 0.29) is 0 Å². The molecule has 0 radical (unpaired) electrons. The highest BCUT2D eigenvalue weighted by Crippen LogP contribution is 2.28. The van der Waals surface area contributed by atoms with Crippen molar-refractivity contribution in [3.05, 3.63) is 40.9 Å². The molecule has 3 N–H and O–H groups in total. The normalized spacial score (nSPS) is 10.0. The Morgan fingerprint density at radius 2 is 2.12 bits per heavy atom. The minimum absolute atomic E-state index is 0.488. The highest BCUT2D eigenvalue weighted by Gasteiger charge is 2.02. The number of ether oxygens (including phenoxy) is 1. The molecule has 0 bridgehead atoms. The van der Waals surface area contributed by atoms with Gasteiger partial charge in [0.25, 0.3) is 0 Å². The summed E-state index contributed by atoms with van der Waals surface area (Å²) in [6.45, 7) is 0. The summed E-state index contributed by atoms with van der Waals surface area (Å²) in [5.74, 6) is 1.99. The highest BCUT2D eigenvalue weighted by molar-refractivity contribution is 9.10. The molecule has 0 fully saturated rings. The van der Waals surface area contributed by atoms with Crippen LogP contribution in [0.4, 0.5) is 17.3 Å². The van der Waals surface area contributed by atoms with Gasteiger partial charge in [-0.1, -0.05) is 6.07 Å². The summed E-state index contributed by atoms with van der Waals surface area (Å²) in [4.78, 5) is 4.16. The Bertz CT molecular complexity index is 531. The zero-order valence-electron chi connectivity index (χ0n) is 9.27. The van der Waals surface area contributed by atoms with Gasteiger partial charge < -0.3 is 15.8 Å². The molecule has 17 heavy (non-hydrogen) atoms. The van der Waals surface area contributed by atoms with Gasteiger partial charge in [0.2, 0.25) is 0 Å². The van der Waals surface area contributed by atoms with Gasteiger partial charge in [0.1, 0.15) is 17.4 Å². The average Bonchev–Trinajstić information content (AvgIpc) is 2.29. The number of aromatic nitrogens is 1. The second kappa shape index (κ2) is 5.05. The van der Waals surface area contributed by atoms with Crippen LogP contribution < -0.4 is 15.8 Å². The van der Waals surface area contributed by atoms with Crippen LogP contribution in [0.5, 0.6) is 5.75 Å². The molecule has 0 saturated carbocycles. The molecule has 88 valence electrons. The molecule has 0 aliphatic heterocycles. The van der Waals surface area contributed by atoms with Crippen LogP contribution in [0.15, 0.2) is 40.9 Å². The number of rotatable bonds is 3. The van der Waals surface area contributed by atoms with Crippen molar-refractivity contribution >= 4 is 33.3 Å². The lowest BCUT2D eigenvalue weighted by atomic mass is 10.3. The average molecular weight is 294 g/mol. The lowest BCUT2D eigenvalue weighted by molar-refractivity contribution is 0.412. The summed E-state index contributed by atoms with van der Waals surface area (Å²) in [5, 5.41) is 3.16. The van der Waals surface area contributed by atoms with Gasteiger partial charge in [-0.15, -0.1) is 0 Å². The number of nitrogen functional groups attached to an aromatic ring is 1. The predicted molar refractivity (Wildman–Crippen MR) is 72.6 cm³/mol. The third-order valence-corrected chi connectivity index (χ3v) is 2.81. The monoisotopic (exact) mass is 293 g/mol. The van der Waals surface area contributed by atoms with Gasteiger partial charge >= 0.3 is 0 Å². The van der Waals surface area contributed by atoms with Crippen LogP contribution in [0.2, 0.25) is 0 Å². The standard InChI is InChI=1S/C12H12BrN3O/c1-17-10-6-5-8(7-9(10)13)15-12-4-2-3-11(14)16-12/h2-7H,1H3,(H3,14,15,16). The third kappa shape index (κ3) is 2.88. The Morgan fingerprint density at radius 1 is 1.29 bits per heavy atom. The van der Waals surface area contributed by atoms with Crippen molar-refractivity contribution in [2.45, 2.75) is 0 Å². The van der Waals surface area contributed by atoms with Gasteiger partial charge in [0.05, 0.1) is 11.6 Å². The van der Waals surface area contributed by atoms with E-state index in [2.05, 4.69) is 26.2 Å². The van der Waals surface area contributed by atoms with Gasteiger partial charge in [-0.3, -0.25) is 0 Å². The highest BCUT2D eigenvalue weighted by atomic mass is 79.9. The Balaban J connectivity index is 2.22. The van der Waals surface area contributed by atoms with Crippen molar-refractivity contribution in [3.8, 4) is 5.75 Å². The molecular weight excluding hydrogens is 282 g/mol. The van der Waals surface area contributed by atoms with E-state index in [0.717, 1.165) is 15.9 Å². The van der Waals surface area contributed by atoms with Gasteiger partial charge in [-0.2, -0.15) is 0 Å². The number of nitrogens with one attached hydrogen (secondary N) is 1. The van der Waals surface area contributed by atoms with Crippen LogP contribution >= 0.6 is 15.9 Å². The maximum absolute atomic E-state index is 5.61. The Hall–Kier alpha value is -1.75. The molecule has 0 aliphatic rings. The molecule has 1 aromatic carbocycles. The molecule has 0 spiro atoms. The number of anilines is 3. The first-order valence-electron chi connectivity index (χ1n) is 5.02. The molecule has 0 amide bonds. The van der Waals surface area contributed by atoms with Crippen LogP contribution in [-0.4, -0.2) is 12.1 Å². The fraction of sp³-hybridized carbons (Fsp3) is 0.0833. The fourth-order valence-corrected chi connectivity index (χ4v) is 1.95. The number of benzene rings is 1. The second-order valence-corrected chi connectivity index (χ2v) is 4.28. The van der Waals surface area contributed by atoms with E-state index in [4.69, 9.17) is 10.5 Å². The molecular formula is C12H12BrN3O. The second-order valence-electron chi connectivity index (χ2n) is 3.42. The van der Waals surface area contributed by atoms with E-state index in [1.54, 1.807) is 13.2 Å². The van der Waals surface area contributed by atoms with E-state index in [9.17, 15) is 0 Å². The lowest BCUT2D eigenvalue weighted by Gasteiger charge is -2.08. The molecule has 2 aromatic rings. The maximum atomic E-state index is 5.61. The van der Waals surface area contributed by atoms with Crippen LogP contribution in [0.1, 0.15) is 0 Å². The number of nitrogens with zero attached hydrogens (tertiary/aromatic N) is 1. The Labute approximate surface area is 108 Å². The molecule has 5 heteroatoms. The quantitative estimate of drug-likeness (QED) is 0.912. The molecule has 0 unspecified atom stereocenters. The molecule has 0 aliphatic carbocycles. The van der Waals surface area contributed by atoms with E-state index in [1.807, 2.05) is 30.3 Å². The van der Waals surface area contributed by atoms with Crippen molar-refractivity contribution in [3.63, 3.8) is 0 Å². The van der Waals surface area contributed by atoms with E-state index < -0.39 is 0 Å². The zero-order chi connectivity index (χ0) is 12.3. The van der Waals surface area contributed by atoms with Crippen LogP contribution in [0.25, 0.3) is 0 Å². The molecule has 0 atom stereocenters. The van der Waals surface area contributed by atoms with E-state index in [1.165, 1.54) is 0 Å². The molecule has 1 aromatic heterocycles. The summed E-state index contributed by atoms with van der Waals surface area (Å²) in [6.07, 6.45) is 0. The summed E-state index contributed by atoms with van der Waals surface area (Å²) in [5.41, 5.74) is 6.52. The van der Waals surface area contributed by atoms with Crippen molar-refractivity contribution in [2.24, 2.45) is 0 Å². The van der Waals surface area contributed by atoms with Crippen LogP contribution in [0.3, 0.4) is 0 Å². The summed E-state index contributed by atoms with van der Waals surface area (Å²) < 4.78 is 6.04. The van der Waals surface area contributed by atoms with E-state index in [0.29, 0.717) is 11.6 Å². The van der Waals surface area contributed by atoms with Gasteiger partial charge in [0, 0.05) is 5.69 Å². The number of nitrogens with two attached hydrogens (primary N) is 1. The first kappa shape index (κ1) is 11.7. The zero-order valence-corrected chi connectivity index (χ0v) is 10.9. The number of halogens is 1. The topological polar surface area (TPSA) is 60.2 Å². The van der Waals surface area contributed by atoms with Gasteiger partial charge in [0.15, 0.2) is 0 Å². The molecule has 4 nitrogen and oxygen atoms in total. The van der Waals surface area contributed by atoms with Crippen molar-refractivity contribution < 1.29 is 4.74 Å². The molecule has 2 rings (SSSR count). The minimum Gasteiger partial charge on any atom is -0.496 e. The number of hydrogen-bond donors (Lipinski definition) is 2. The molecule has 1 heterocycles. The predicted octanol–water partition coefficient (Wildman–Crippen LogP) is 3.18. The first-order chi connectivity index (χ1) is 8.19. The smallest absolute Gasteiger partial charge is 0.133 e. The van der Waals surface area contributed by atoms with Crippen molar-refractivity contribution in [1.29, 1.82) is 0 Å². The lowest BCUT2D eigenvalue weighted by Crippen LogP contribution is -1.96. The van der Waals surface area contributed by atoms with Crippen LogP contribution in [0, 0.1) is 0 Å². The SMILES string of the molecule is COc1ccc(Nc2cccc(N)n2)cc1Br. The van der Waals surface area contributed by atoms with Crippen molar-refractivity contribution in [1.82, 2.24) is 4.98 Å². The Morgan fingerprint density at radius 3 is 2.76 bits per heavy atom. The number of hydrogen-bond acceptors (Lipinski definition) is 4. The van der Waals surface area contributed by atoms with Gasteiger partial charge in [-0.05, 0) is 46.3 Å². The summed E-state index contributed by atoms with van der Waals surface area (Å²) in [6, 6.07) is 11.2. The van der Waals surface area contributed by atoms with E-state index >= 15 is 0 Å². The van der Waals surface area contributed by atoms with Gasteiger partial charge in [-0.25, -0.2) is 4.98 Å². The van der Waals surface area contributed by atoms with Crippen molar-refractivity contribution in [2.75, 3.05) is 18.2 Å². The fourth-order valence-electron chi connectivity index (χ4n) is 1.41. The first-order valence-corrected chi connectivity index (χ1v) is 5.81. The third-order valence-electron chi connectivity index (χ3n) is 2.19. The minimum atomic E-state index is 0.488.